The molecule has 0 bridgehead atoms. The molecule has 0 saturated carbocycles. The molecule has 10 heteroatoms. The van der Waals surface area contributed by atoms with Gasteiger partial charge in [-0.2, -0.15) is 4.98 Å². The molecule has 1 heterocycles. The largest absolute Gasteiger partial charge is 0.573 e. The van der Waals surface area contributed by atoms with Crippen molar-refractivity contribution in [1.29, 1.82) is 0 Å². The van der Waals surface area contributed by atoms with Gasteiger partial charge in [0.15, 0.2) is 0 Å². The number of nitrogens with one attached hydrogen (secondary N) is 2. The first-order chi connectivity index (χ1) is 14.3. The molecule has 30 heavy (non-hydrogen) atoms. The highest BCUT2D eigenvalue weighted by Gasteiger charge is 2.31. The summed E-state index contributed by atoms with van der Waals surface area (Å²) < 4.78 is 46.1. The van der Waals surface area contributed by atoms with Crippen LogP contribution in [0.5, 0.6) is 5.75 Å². The molecular formula is C20H17F3N4O3. The van der Waals surface area contributed by atoms with Crippen LogP contribution in [-0.2, 0) is 4.74 Å². The minimum atomic E-state index is -4.79. The number of hydrogen-bond acceptors (Lipinski definition) is 7. The molecule has 7 nitrogen and oxygen atoms in total. The monoisotopic (exact) mass is 418 g/mol. The van der Waals surface area contributed by atoms with Crippen LogP contribution in [0.2, 0.25) is 0 Å². The molecule has 0 atom stereocenters. The van der Waals surface area contributed by atoms with Gasteiger partial charge in [-0.3, -0.25) is 0 Å². The Bertz CT molecular complexity index is 1040. The fraction of sp³-hybridized carbons (Fsp3) is 0.150. The van der Waals surface area contributed by atoms with Gasteiger partial charge in [0.2, 0.25) is 5.95 Å². The Morgan fingerprint density at radius 1 is 1.03 bits per heavy atom. The van der Waals surface area contributed by atoms with Gasteiger partial charge in [0.05, 0.1) is 18.4 Å². The fourth-order valence-electron chi connectivity index (χ4n) is 2.58. The van der Waals surface area contributed by atoms with Crippen LogP contribution in [0.3, 0.4) is 0 Å². The van der Waals surface area contributed by atoms with E-state index in [1.54, 1.807) is 43.4 Å². The number of alkyl halides is 3. The summed E-state index contributed by atoms with van der Waals surface area (Å²) in [5, 5.41) is 5.88. The van der Waals surface area contributed by atoms with Crippen LogP contribution in [-0.4, -0.2) is 36.5 Å². The van der Waals surface area contributed by atoms with E-state index < -0.39 is 12.3 Å². The first-order valence-electron chi connectivity index (χ1n) is 8.66. The highest BCUT2D eigenvalue weighted by atomic mass is 19.4. The summed E-state index contributed by atoms with van der Waals surface area (Å²) in [7, 11) is 2.92. The van der Waals surface area contributed by atoms with Crippen molar-refractivity contribution in [2.24, 2.45) is 0 Å². The van der Waals surface area contributed by atoms with E-state index in [2.05, 4.69) is 30.1 Å². The Kier molecular flexibility index (Phi) is 6.05. The number of esters is 1. The van der Waals surface area contributed by atoms with Gasteiger partial charge in [0.25, 0.3) is 0 Å². The number of carbonyl (C=O) groups is 1. The smallest absolute Gasteiger partial charge is 0.465 e. The summed E-state index contributed by atoms with van der Waals surface area (Å²) in [6.07, 6.45) is -4.79. The normalized spacial score (nSPS) is 11.0. The molecule has 3 rings (SSSR count). The van der Waals surface area contributed by atoms with E-state index in [1.165, 1.54) is 25.3 Å². The third kappa shape index (κ3) is 5.37. The predicted molar refractivity (Wildman–Crippen MR) is 105 cm³/mol. The summed E-state index contributed by atoms with van der Waals surface area (Å²) in [5.74, 6) is -0.137. The molecular weight excluding hydrogens is 401 g/mol. The van der Waals surface area contributed by atoms with Gasteiger partial charge in [-0.15, -0.1) is 13.2 Å². The number of benzene rings is 2. The second kappa shape index (κ2) is 8.68. The van der Waals surface area contributed by atoms with Gasteiger partial charge in [0.1, 0.15) is 11.6 Å². The summed E-state index contributed by atoms with van der Waals surface area (Å²) in [6, 6.07) is 13.6. The molecule has 0 saturated heterocycles. The lowest BCUT2D eigenvalue weighted by Crippen LogP contribution is -2.17. The van der Waals surface area contributed by atoms with Gasteiger partial charge >= 0.3 is 12.3 Å². The molecule has 0 amide bonds. The van der Waals surface area contributed by atoms with E-state index in [1.807, 2.05) is 0 Å². The molecule has 0 fully saturated rings. The van der Waals surface area contributed by atoms with E-state index in [4.69, 9.17) is 0 Å². The van der Waals surface area contributed by atoms with Crippen molar-refractivity contribution in [1.82, 2.24) is 9.97 Å². The highest BCUT2D eigenvalue weighted by Crippen LogP contribution is 2.29. The number of carbonyl (C=O) groups excluding carboxylic acids is 1. The molecule has 156 valence electrons. The van der Waals surface area contributed by atoms with Crippen molar-refractivity contribution < 1.29 is 27.4 Å². The molecule has 0 radical (unpaired) electrons. The summed E-state index contributed by atoms with van der Waals surface area (Å²) in [5.41, 5.74) is 1.84. The topological polar surface area (TPSA) is 85.4 Å². The van der Waals surface area contributed by atoms with Crippen LogP contribution < -0.4 is 15.4 Å². The first kappa shape index (κ1) is 20.9. The molecule has 2 aromatic carbocycles. The fourth-order valence-corrected chi connectivity index (χ4v) is 2.58. The van der Waals surface area contributed by atoms with Crippen molar-refractivity contribution in [3.8, 4) is 17.0 Å². The van der Waals surface area contributed by atoms with Gasteiger partial charge in [0, 0.05) is 24.4 Å². The number of rotatable bonds is 6. The number of ether oxygens (including phenoxy) is 2. The second-order valence-electron chi connectivity index (χ2n) is 5.98. The Balaban J connectivity index is 1.89. The van der Waals surface area contributed by atoms with Crippen molar-refractivity contribution in [2.45, 2.75) is 6.36 Å². The van der Waals surface area contributed by atoms with E-state index in [0.717, 1.165) is 0 Å². The third-order valence-electron chi connectivity index (χ3n) is 3.89. The maximum absolute atomic E-state index is 12.5. The molecule has 0 spiro atoms. The van der Waals surface area contributed by atoms with E-state index in [-0.39, 0.29) is 11.7 Å². The van der Waals surface area contributed by atoms with Gasteiger partial charge in [-0.05, 0) is 36.4 Å². The van der Waals surface area contributed by atoms with Gasteiger partial charge < -0.3 is 20.1 Å². The van der Waals surface area contributed by atoms with Crippen LogP contribution >= 0.6 is 0 Å². The minimum Gasteiger partial charge on any atom is -0.465 e. The zero-order valence-electron chi connectivity index (χ0n) is 15.9. The Hall–Kier alpha value is -3.82. The Morgan fingerprint density at radius 2 is 1.77 bits per heavy atom. The molecule has 0 aliphatic rings. The third-order valence-corrected chi connectivity index (χ3v) is 3.89. The molecule has 0 aliphatic carbocycles. The SMILES string of the molecule is CNc1nc(Nc2ccc(C(=O)OC)cc2)cc(-c2cccc(OC(F)(F)F)c2)n1. The van der Waals surface area contributed by atoms with Crippen molar-refractivity contribution in [2.75, 3.05) is 24.8 Å². The molecule has 2 N–H and O–H groups in total. The van der Waals surface area contributed by atoms with Crippen LogP contribution in [0, 0.1) is 0 Å². The van der Waals surface area contributed by atoms with Crippen LogP contribution in [0.15, 0.2) is 54.6 Å². The van der Waals surface area contributed by atoms with Gasteiger partial charge in [-0.25, -0.2) is 9.78 Å². The summed E-state index contributed by atoms with van der Waals surface area (Å²) >= 11 is 0. The van der Waals surface area contributed by atoms with E-state index >= 15 is 0 Å². The number of anilines is 3. The highest BCUT2D eigenvalue weighted by molar-refractivity contribution is 5.89. The van der Waals surface area contributed by atoms with E-state index in [9.17, 15) is 18.0 Å². The van der Waals surface area contributed by atoms with E-state index in [0.29, 0.717) is 28.3 Å². The lowest BCUT2D eigenvalue weighted by atomic mass is 10.1. The summed E-state index contributed by atoms with van der Waals surface area (Å²) in [6.45, 7) is 0. The standard InChI is InChI=1S/C20H17F3N4O3/c1-24-19-26-16(13-4-3-5-15(10-13)30-20(21,22)23)11-17(27-19)25-14-8-6-12(7-9-14)18(28)29-2/h3-11H,1-2H3,(H2,24,25,26,27). The van der Waals surface area contributed by atoms with Crippen molar-refractivity contribution in [3.63, 3.8) is 0 Å². The Labute approximate surface area is 169 Å². The number of methoxy groups -OCH3 is 1. The molecule has 1 aromatic heterocycles. The van der Waals surface area contributed by atoms with Crippen LogP contribution in [0.1, 0.15) is 10.4 Å². The Morgan fingerprint density at radius 3 is 2.40 bits per heavy atom. The number of halogens is 3. The van der Waals surface area contributed by atoms with Gasteiger partial charge in [-0.1, -0.05) is 12.1 Å². The molecule has 0 unspecified atom stereocenters. The van der Waals surface area contributed by atoms with Crippen molar-refractivity contribution >= 4 is 23.4 Å². The first-order valence-corrected chi connectivity index (χ1v) is 8.66. The molecule has 3 aromatic rings. The quantitative estimate of drug-likeness (QED) is 0.565. The lowest BCUT2D eigenvalue weighted by Gasteiger charge is -2.12. The van der Waals surface area contributed by atoms with Crippen LogP contribution in [0.4, 0.5) is 30.6 Å². The lowest BCUT2D eigenvalue weighted by molar-refractivity contribution is -0.274. The zero-order valence-corrected chi connectivity index (χ0v) is 15.9. The maximum atomic E-state index is 12.5. The molecule has 0 aliphatic heterocycles. The predicted octanol–water partition coefficient (Wildman–Crippen LogP) is 4.61. The van der Waals surface area contributed by atoms with Crippen LogP contribution in [0.25, 0.3) is 11.3 Å². The number of aromatic nitrogens is 2. The number of nitrogens with zero attached hydrogens (tertiary/aromatic N) is 2. The van der Waals surface area contributed by atoms with Crippen molar-refractivity contribution in [3.05, 3.63) is 60.2 Å². The second-order valence-corrected chi connectivity index (χ2v) is 5.98. The maximum Gasteiger partial charge on any atom is 0.573 e. The number of hydrogen-bond donors (Lipinski definition) is 2. The summed E-state index contributed by atoms with van der Waals surface area (Å²) in [4.78, 5) is 20.1. The average molecular weight is 418 g/mol. The average Bonchev–Trinajstić information content (AvgIpc) is 2.72. The minimum absolute atomic E-state index is 0.267. The zero-order chi connectivity index (χ0) is 21.7.